The van der Waals surface area contributed by atoms with E-state index in [1.165, 1.54) is 24.3 Å². The van der Waals surface area contributed by atoms with E-state index in [1.54, 1.807) is 6.07 Å². The molecule has 0 atom stereocenters. The third kappa shape index (κ3) is 3.65. The zero-order valence-electron chi connectivity index (χ0n) is 14.0. The number of anilines is 2. The maximum atomic E-state index is 14.4. The number of nitrogens with one attached hydrogen (secondary N) is 1. The molecule has 4 nitrogen and oxygen atoms in total. The van der Waals surface area contributed by atoms with Gasteiger partial charge in [-0.3, -0.25) is 0 Å². The van der Waals surface area contributed by atoms with Gasteiger partial charge in [0, 0.05) is 30.9 Å². The van der Waals surface area contributed by atoms with E-state index in [2.05, 4.69) is 10.2 Å². The Morgan fingerprint density at radius 2 is 1.73 bits per heavy atom. The molecule has 0 bridgehead atoms. The van der Waals surface area contributed by atoms with Gasteiger partial charge in [-0.15, -0.1) is 0 Å². The monoisotopic (exact) mass is 384 g/mol. The van der Waals surface area contributed by atoms with Gasteiger partial charge < -0.3 is 10.2 Å². The van der Waals surface area contributed by atoms with Crippen molar-refractivity contribution in [1.29, 1.82) is 0 Å². The molecule has 1 aliphatic heterocycles. The largest absolute Gasteiger partial charge is 0.380 e. The van der Waals surface area contributed by atoms with E-state index in [9.17, 15) is 21.6 Å². The molecule has 1 fully saturated rings. The predicted octanol–water partition coefficient (Wildman–Crippen LogP) is 4.03. The summed E-state index contributed by atoms with van der Waals surface area (Å²) in [5.41, 5.74) is 1.16. The molecule has 1 saturated heterocycles. The molecule has 2 aromatic rings. The highest BCUT2D eigenvalue weighted by Gasteiger charge is 2.29. The average molecular weight is 384 g/mol. The number of para-hydroxylation sites is 1. The van der Waals surface area contributed by atoms with Crippen LogP contribution in [0.4, 0.5) is 24.5 Å². The molecule has 1 aliphatic rings. The normalized spacial score (nSPS) is 14.8. The lowest BCUT2D eigenvalue weighted by Gasteiger charge is -2.22. The average Bonchev–Trinajstić information content (AvgIpc) is 3.15. The van der Waals surface area contributed by atoms with Crippen molar-refractivity contribution in [2.45, 2.75) is 30.0 Å². The lowest BCUT2D eigenvalue weighted by molar-refractivity contribution is 0.235. The van der Waals surface area contributed by atoms with Crippen LogP contribution in [0.3, 0.4) is 0 Å². The highest BCUT2D eigenvalue weighted by Crippen LogP contribution is 2.30. The van der Waals surface area contributed by atoms with Crippen LogP contribution in [0.15, 0.2) is 47.4 Å². The van der Waals surface area contributed by atoms with E-state index in [1.807, 2.05) is 6.07 Å². The van der Waals surface area contributed by atoms with Crippen LogP contribution in [0.25, 0.3) is 0 Å². The van der Waals surface area contributed by atoms with Crippen molar-refractivity contribution in [3.05, 3.63) is 53.8 Å². The molecule has 2 aromatic carbocycles. The predicted molar refractivity (Wildman–Crippen MR) is 94.8 cm³/mol. The topological polar surface area (TPSA) is 49.4 Å². The van der Waals surface area contributed by atoms with E-state index in [0.29, 0.717) is 5.56 Å². The summed E-state index contributed by atoms with van der Waals surface area (Å²) in [7, 11) is -4.75. The molecular formula is C18H19F3N2O2S. The van der Waals surface area contributed by atoms with E-state index in [-0.39, 0.29) is 12.2 Å². The van der Waals surface area contributed by atoms with Crippen molar-refractivity contribution in [2.75, 3.05) is 23.3 Å². The Morgan fingerprint density at radius 3 is 2.42 bits per heavy atom. The van der Waals surface area contributed by atoms with E-state index >= 15 is 0 Å². The Bertz CT molecular complexity index is 882. The minimum absolute atomic E-state index is 0.00568. The van der Waals surface area contributed by atoms with Gasteiger partial charge in [0.2, 0.25) is 9.84 Å². The summed E-state index contributed by atoms with van der Waals surface area (Å²) >= 11 is 0. The molecule has 0 aromatic heterocycles. The van der Waals surface area contributed by atoms with Crippen LogP contribution in [0, 0.1) is 5.82 Å². The second-order valence-corrected chi connectivity index (χ2v) is 7.97. The zero-order valence-corrected chi connectivity index (χ0v) is 14.8. The molecule has 0 radical (unpaired) electrons. The minimum atomic E-state index is -4.75. The number of halogens is 3. The Labute approximate surface area is 150 Å². The summed E-state index contributed by atoms with van der Waals surface area (Å²) < 4.78 is 63.8. The Hall–Kier alpha value is -2.22. The van der Waals surface area contributed by atoms with Crippen LogP contribution in [-0.2, 0) is 16.4 Å². The molecule has 0 aliphatic carbocycles. The first kappa shape index (κ1) is 18.6. The summed E-state index contributed by atoms with van der Waals surface area (Å²) in [6, 6.07) is 10.2. The number of sulfone groups is 1. The number of rotatable bonds is 6. The first-order chi connectivity index (χ1) is 12.4. The number of hydrogen-bond donors (Lipinski definition) is 1. The fourth-order valence-corrected chi connectivity index (χ4v) is 4.02. The van der Waals surface area contributed by atoms with E-state index in [4.69, 9.17) is 0 Å². The molecule has 140 valence electrons. The fraction of sp³-hybridized carbons (Fsp3) is 0.333. The lowest BCUT2D eigenvalue weighted by Crippen LogP contribution is -2.21. The Morgan fingerprint density at radius 1 is 1.04 bits per heavy atom. The van der Waals surface area contributed by atoms with Crippen molar-refractivity contribution in [2.24, 2.45) is 0 Å². The Balaban J connectivity index is 1.89. The minimum Gasteiger partial charge on any atom is -0.380 e. The molecule has 8 heteroatoms. The molecule has 0 spiro atoms. The van der Waals surface area contributed by atoms with Crippen molar-refractivity contribution < 1.29 is 21.6 Å². The van der Waals surface area contributed by atoms with Gasteiger partial charge in [0.1, 0.15) is 5.82 Å². The smallest absolute Gasteiger partial charge is 0.341 e. The zero-order chi connectivity index (χ0) is 18.7. The summed E-state index contributed by atoms with van der Waals surface area (Å²) in [6.07, 6.45) is 2.05. The van der Waals surface area contributed by atoms with E-state index < -0.39 is 26.3 Å². The van der Waals surface area contributed by atoms with Gasteiger partial charge in [-0.05, 0) is 37.1 Å². The van der Waals surface area contributed by atoms with Crippen LogP contribution in [0.2, 0.25) is 0 Å². The van der Waals surface area contributed by atoms with Gasteiger partial charge >= 0.3 is 5.76 Å². The molecule has 0 saturated carbocycles. The van der Waals surface area contributed by atoms with Crippen molar-refractivity contribution in [3.63, 3.8) is 0 Å². The van der Waals surface area contributed by atoms with Crippen LogP contribution in [0.5, 0.6) is 0 Å². The third-order valence-corrected chi connectivity index (χ3v) is 5.86. The second-order valence-electron chi connectivity index (χ2n) is 6.09. The molecule has 0 unspecified atom stereocenters. The van der Waals surface area contributed by atoms with Gasteiger partial charge in [0.05, 0.1) is 10.6 Å². The molecular weight excluding hydrogens is 365 g/mol. The molecule has 1 N–H and O–H groups in total. The fourth-order valence-electron chi connectivity index (χ4n) is 3.12. The second kappa shape index (κ2) is 7.57. The van der Waals surface area contributed by atoms with Crippen LogP contribution in [0.1, 0.15) is 18.4 Å². The summed E-state index contributed by atoms with van der Waals surface area (Å²) in [5, 5.41) is 2.82. The molecule has 26 heavy (non-hydrogen) atoms. The van der Waals surface area contributed by atoms with Crippen LogP contribution < -0.4 is 10.2 Å². The summed E-state index contributed by atoms with van der Waals surface area (Å²) in [4.78, 5) is 1.58. The standard InChI is InChI=1S/C18H19F3N2O2S/c19-14-6-5-8-16(23-10-3-4-11-23)13(14)12-22-15-7-1-2-9-17(15)26(24,25)18(20)21/h1-2,5-9,18,22H,3-4,10-12H2. The van der Waals surface area contributed by atoms with Crippen molar-refractivity contribution in [1.82, 2.24) is 0 Å². The number of nitrogens with zero attached hydrogens (tertiary/aromatic N) is 1. The van der Waals surface area contributed by atoms with Crippen LogP contribution in [-0.4, -0.2) is 27.3 Å². The lowest BCUT2D eigenvalue weighted by atomic mass is 10.1. The maximum Gasteiger partial charge on any atom is 0.341 e. The summed E-state index contributed by atoms with van der Waals surface area (Å²) in [6.45, 7) is 1.65. The highest BCUT2D eigenvalue weighted by atomic mass is 32.2. The van der Waals surface area contributed by atoms with Crippen molar-refractivity contribution in [3.8, 4) is 0 Å². The number of alkyl halides is 2. The number of benzene rings is 2. The molecule has 3 rings (SSSR count). The number of hydrogen-bond acceptors (Lipinski definition) is 4. The van der Waals surface area contributed by atoms with Crippen molar-refractivity contribution >= 4 is 21.2 Å². The van der Waals surface area contributed by atoms with Crippen LogP contribution >= 0.6 is 0 Å². The molecule has 0 amide bonds. The van der Waals surface area contributed by atoms with Gasteiger partial charge in [-0.25, -0.2) is 12.8 Å². The highest BCUT2D eigenvalue weighted by molar-refractivity contribution is 7.91. The summed E-state index contributed by atoms with van der Waals surface area (Å²) in [5.74, 6) is -3.94. The SMILES string of the molecule is O=S(=O)(c1ccccc1NCc1c(F)cccc1N1CCCC1)C(F)F. The quantitative estimate of drug-likeness (QED) is 0.817. The maximum absolute atomic E-state index is 14.4. The van der Waals surface area contributed by atoms with Gasteiger partial charge in [0.15, 0.2) is 0 Å². The first-order valence-corrected chi connectivity index (χ1v) is 9.83. The third-order valence-electron chi connectivity index (χ3n) is 4.42. The van der Waals surface area contributed by atoms with Gasteiger partial charge in [-0.2, -0.15) is 8.78 Å². The Kier molecular flexibility index (Phi) is 5.41. The van der Waals surface area contributed by atoms with Gasteiger partial charge in [0.25, 0.3) is 0 Å². The van der Waals surface area contributed by atoms with Gasteiger partial charge in [-0.1, -0.05) is 18.2 Å². The van der Waals surface area contributed by atoms with E-state index in [0.717, 1.165) is 37.7 Å². The first-order valence-electron chi connectivity index (χ1n) is 8.28. The molecule has 1 heterocycles.